The molecule has 314 valence electrons. The van der Waals surface area contributed by atoms with Gasteiger partial charge in [-0.25, -0.2) is 0 Å². The number of rotatable bonds is 42. The molecule has 3 atom stereocenters. The van der Waals surface area contributed by atoms with E-state index < -0.39 is 18.2 Å². The smallest absolute Gasteiger partial charge is 0.306 e. The molecule has 0 saturated heterocycles. The molecule has 0 aliphatic carbocycles. The molecule has 0 heterocycles. The van der Waals surface area contributed by atoms with Crippen molar-refractivity contribution in [1.29, 1.82) is 0 Å². The lowest BCUT2D eigenvalue weighted by Gasteiger charge is -2.24. The normalized spacial score (nSPS) is 13.4. The molecule has 0 aliphatic heterocycles. The third-order valence-electron chi connectivity index (χ3n) is 10.8. The molecule has 0 fully saturated rings. The summed E-state index contributed by atoms with van der Waals surface area (Å²) in [7, 11) is 0. The highest BCUT2D eigenvalue weighted by molar-refractivity contribution is 5.77. The van der Waals surface area contributed by atoms with Crippen LogP contribution in [0.25, 0.3) is 0 Å². The number of hydrogen-bond donors (Lipinski definition) is 3. The van der Waals surface area contributed by atoms with Gasteiger partial charge in [0.1, 0.15) is 6.10 Å². The average Bonchev–Trinajstić information content (AvgIpc) is 3.15. The van der Waals surface area contributed by atoms with Gasteiger partial charge < -0.3 is 20.3 Å². The van der Waals surface area contributed by atoms with Crippen LogP contribution in [-0.2, 0) is 14.3 Å². The Balaban J connectivity index is 4.60. The number of carbonyl (C=O) groups excluding carboxylic acids is 2. The van der Waals surface area contributed by atoms with E-state index in [9.17, 15) is 19.8 Å². The topological polar surface area (TPSA) is 95.9 Å². The molecule has 0 rings (SSSR count). The van der Waals surface area contributed by atoms with Crippen molar-refractivity contribution < 1.29 is 24.5 Å². The van der Waals surface area contributed by atoms with Gasteiger partial charge >= 0.3 is 5.97 Å². The van der Waals surface area contributed by atoms with Gasteiger partial charge in [-0.3, -0.25) is 9.59 Å². The number of hydrogen-bond acceptors (Lipinski definition) is 5. The Bertz CT molecular complexity index is 802. The van der Waals surface area contributed by atoms with Crippen LogP contribution in [0.3, 0.4) is 0 Å². The van der Waals surface area contributed by atoms with Gasteiger partial charge in [0.15, 0.2) is 0 Å². The number of esters is 1. The van der Waals surface area contributed by atoms with Gasteiger partial charge in [-0.05, 0) is 51.4 Å². The number of amides is 1. The molecule has 0 aromatic rings. The first kappa shape index (κ1) is 51.6. The molecule has 0 bridgehead atoms. The molecule has 1 amide bonds. The van der Waals surface area contributed by atoms with Crippen molar-refractivity contribution in [2.45, 2.75) is 270 Å². The summed E-state index contributed by atoms with van der Waals surface area (Å²) in [4.78, 5) is 26.0. The van der Waals surface area contributed by atoms with Crippen LogP contribution in [0, 0.1) is 0 Å². The van der Waals surface area contributed by atoms with Gasteiger partial charge in [0.25, 0.3) is 0 Å². The van der Waals surface area contributed by atoms with Crippen molar-refractivity contribution in [3.63, 3.8) is 0 Å². The quantitative estimate of drug-likeness (QED) is 0.0328. The molecule has 6 nitrogen and oxygen atoms in total. The molecule has 0 saturated carbocycles. The van der Waals surface area contributed by atoms with Gasteiger partial charge in [-0.2, -0.15) is 0 Å². The van der Waals surface area contributed by atoms with Gasteiger partial charge in [-0.15, -0.1) is 0 Å². The summed E-state index contributed by atoms with van der Waals surface area (Å²) in [5.41, 5.74) is 0. The summed E-state index contributed by atoms with van der Waals surface area (Å²) >= 11 is 0. The third-order valence-corrected chi connectivity index (χ3v) is 10.8. The molecule has 0 aromatic heterocycles. The number of ether oxygens (including phenoxy) is 1. The van der Waals surface area contributed by atoms with E-state index >= 15 is 0 Å². The highest BCUT2D eigenvalue weighted by atomic mass is 16.5. The molecule has 0 aliphatic rings. The number of unbranched alkanes of at least 4 members (excludes halogenated alkanes) is 28. The summed E-state index contributed by atoms with van der Waals surface area (Å²) in [5, 5.41) is 23.6. The molecule has 53 heavy (non-hydrogen) atoms. The van der Waals surface area contributed by atoms with Crippen molar-refractivity contribution in [2.75, 3.05) is 6.61 Å². The van der Waals surface area contributed by atoms with Crippen LogP contribution in [0.2, 0.25) is 0 Å². The Labute approximate surface area is 329 Å². The van der Waals surface area contributed by atoms with Crippen LogP contribution in [0.5, 0.6) is 0 Å². The summed E-state index contributed by atoms with van der Waals surface area (Å²) in [6.45, 7) is 6.45. The fourth-order valence-electron chi connectivity index (χ4n) is 7.25. The zero-order valence-electron chi connectivity index (χ0n) is 35.7. The van der Waals surface area contributed by atoms with Crippen LogP contribution in [-0.4, -0.2) is 46.9 Å². The van der Waals surface area contributed by atoms with Crippen LogP contribution >= 0.6 is 0 Å². The molecular formula is C47H91NO5. The Hall–Kier alpha value is -1.40. The van der Waals surface area contributed by atoms with Crippen LogP contribution in [0.15, 0.2) is 12.2 Å². The Morgan fingerprint density at radius 1 is 0.528 bits per heavy atom. The summed E-state index contributed by atoms with van der Waals surface area (Å²) in [6.07, 6.45) is 44.1. The third kappa shape index (κ3) is 37.3. The van der Waals surface area contributed by atoms with Crippen molar-refractivity contribution in [1.82, 2.24) is 5.32 Å². The Morgan fingerprint density at radius 3 is 1.36 bits per heavy atom. The van der Waals surface area contributed by atoms with E-state index in [1.54, 1.807) is 0 Å². The minimum Gasteiger partial charge on any atom is -0.462 e. The zero-order valence-corrected chi connectivity index (χ0v) is 35.7. The van der Waals surface area contributed by atoms with E-state index in [0.29, 0.717) is 19.3 Å². The zero-order chi connectivity index (χ0) is 38.9. The molecule has 3 N–H and O–H groups in total. The highest BCUT2D eigenvalue weighted by Gasteiger charge is 2.24. The lowest BCUT2D eigenvalue weighted by Crippen LogP contribution is -2.46. The average molecular weight is 750 g/mol. The number of aliphatic hydroxyl groups excluding tert-OH is 2. The highest BCUT2D eigenvalue weighted by Crippen LogP contribution is 2.17. The van der Waals surface area contributed by atoms with Gasteiger partial charge in [0.05, 0.1) is 25.2 Å². The van der Waals surface area contributed by atoms with Crippen LogP contribution in [0.4, 0.5) is 0 Å². The van der Waals surface area contributed by atoms with E-state index in [1.807, 2.05) is 0 Å². The first-order chi connectivity index (χ1) is 26.0. The second kappa shape index (κ2) is 41.8. The summed E-state index contributed by atoms with van der Waals surface area (Å²) in [6, 6.07) is -0.697. The van der Waals surface area contributed by atoms with Gasteiger partial charge in [0.2, 0.25) is 5.91 Å². The van der Waals surface area contributed by atoms with Gasteiger partial charge in [0, 0.05) is 6.42 Å². The fraction of sp³-hybridized carbons (Fsp3) is 0.915. The van der Waals surface area contributed by atoms with E-state index in [0.717, 1.165) is 64.2 Å². The van der Waals surface area contributed by atoms with Crippen molar-refractivity contribution in [3.05, 3.63) is 12.2 Å². The minimum absolute atomic E-state index is 0.0730. The predicted molar refractivity (Wildman–Crippen MR) is 227 cm³/mol. The number of allylic oxidation sites excluding steroid dienone is 2. The predicted octanol–water partition coefficient (Wildman–Crippen LogP) is 13.4. The first-order valence-corrected chi connectivity index (χ1v) is 23.4. The van der Waals surface area contributed by atoms with Crippen LogP contribution in [0.1, 0.15) is 252 Å². The van der Waals surface area contributed by atoms with Crippen LogP contribution < -0.4 is 5.32 Å². The maximum Gasteiger partial charge on any atom is 0.306 e. The standard InChI is InChI=1S/C47H91NO5/c1-4-7-10-13-16-19-21-22-23-25-27-29-32-35-38-43(53-47(52)40-37-34-31-28-24-20-17-14-11-8-5-2)41-46(51)48-44(42-49)45(50)39-36-33-30-26-18-15-12-9-6-3/h23,25,43-45,49-50H,4-22,24,26-42H2,1-3H3,(H,48,51)/b25-23+. The van der Waals surface area contributed by atoms with Crippen molar-refractivity contribution in [3.8, 4) is 0 Å². The molecule has 3 unspecified atom stereocenters. The Morgan fingerprint density at radius 2 is 0.906 bits per heavy atom. The second-order valence-corrected chi connectivity index (χ2v) is 16.2. The van der Waals surface area contributed by atoms with E-state index in [4.69, 9.17) is 4.74 Å². The molecule has 0 radical (unpaired) electrons. The van der Waals surface area contributed by atoms with Crippen molar-refractivity contribution >= 4 is 11.9 Å². The van der Waals surface area contributed by atoms with E-state index in [1.165, 1.54) is 141 Å². The molecule has 0 spiro atoms. The number of nitrogens with one attached hydrogen (secondary N) is 1. The second-order valence-electron chi connectivity index (χ2n) is 16.2. The lowest BCUT2D eigenvalue weighted by molar-refractivity contribution is -0.151. The largest absolute Gasteiger partial charge is 0.462 e. The van der Waals surface area contributed by atoms with E-state index in [2.05, 4.69) is 38.2 Å². The van der Waals surface area contributed by atoms with Crippen molar-refractivity contribution in [2.24, 2.45) is 0 Å². The Kier molecular flexibility index (Phi) is 40.7. The maximum atomic E-state index is 13.1. The fourth-order valence-corrected chi connectivity index (χ4v) is 7.25. The first-order valence-electron chi connectivity index (χ1n) is 23.4. The van der Waals surface area contributed by atoms with Gasteiger partial charge in [-0.1, -0.05) is 200 Å². The molecule has 6 heteroatoms. The maximum absolute atomic E-state index is 13.1. The number of aliphatic hydroxyl groups is 2. The monoisotopic (exact) mass is 750 g/mol. The SMILES string of the molecule is CCCCCCCCC/C=C/CCCCCC(CC(=O)NC(CO)C(O)CCCCCCCCCCC)OC(=O)CCCCCCCCCCCCC. The molecular weight excluding hydrogens is 659 g/mol. The molecule has 0 aromatic carbocycles. The minimum atomic E-state index is -0.783. The van der Waals surface area contributed by atoms with E-state index in [-0.39, 0.29) is 24.9 Å². The summed E-state index contributed by atoms with van der Waals surface area (Å²) in [5.74, 6) is -0.480. The lowest BCUT2D eigenvalue weighted by atomic mass is 10.0. The summed E-state index contributed by atoms with van der Waals surface area (Å²) < 4.78 is 5.90. The number of carbonyl (C=O) groups is 2.